The predicted molar refractivity (Wildman–Crippen MR) is 105 cm³/mol. The van der Waals surface area contributed by atoms with E-state index in [1.54, 1.807) is 0 Å². The predicted octanol–water partition coefficient (Wildman–Crippen LogP) is 3.66. The minimum absolute atomic E-state index is 0. The van der Waals surface area contributed by atoms with Crippen molar-refractivity contribution >= 4 is 29.9 Å². The minimum Gasteiger partial charge on any atom is -0.356 e. The molecule has 1 atom stereocenters. The van der Waals surface area contributed by atoms with E-state index in [1.165, 1.54) is 25.2 Å². The van der Waals surface area contributed by atoms with Gasteiger partial charge in [0.2, 0.25) is 0 Å². The molecule has 1 aliphatic rings. The molecule has 4 nitrogen and oxygen atoms in total. The minimum atomic E-state index is -4.22. The van der Waals surface area contributed by atoms with Crippen molar-refractivity contribution in [3.63, 3.8) is 0 Å². The number of alkyl halides is 3. The third-order valence-electron chi connectivity index (χ3n) is 4.21. The molecule has 1 heterocycles. The van der Waals surface area contributed by atoms with Crippen molar-refractivity contribution in [1.29, 1.82) is 0 Å². The molecule has 2 rings (SSSR count). The van der Waals surface area contributed by atoms with Crippen LogP contribution in [0.2, 0.25) is 0 Å². The zero-order valence-corrected chi connectivity index (χ0v) is 17.3. The van der Waals surface area contributed by atoms with Gasteiger partial charge in [-0.15, -0.1) is 24.0 Å². The fraction of sp³-hybridized carbons (Fsp3) is 0.588. The average Bonchev–Trinajstić information content (AvgIpc) is 2.57. The fourth-order valence-corrected chi connectivity index (χ4v) is 2.93. The van der Waals surface area contributed by atoms with Crippen molar-refractivity contribution in [2.75, 3.05) is 26.7 Å². The third kappa shape index (κ3) is 8.16. The van der Waals surface area contributed by atoms with Crippen molar-refractivity contribution < 1.29 is 22.0 Å². The first kappa shape index (κ1) is 23.9. The van der Waals surface area contributed by atoms with Gasteiger partial charge in [0, 0.05) is 38.3 Å². The van der Waals surface area contributed by atoms with Gasteiger partial charge in [-0.1, -0.05) is 6.07 Å². The molecule has 0 bridgehead atoms. The normalized spacial score (nSPS) is 18.7. The van der Waals surface area contributed by atoms with Crippen LogP contribution >= 0.6 is 24.0 Å². The number of benzene rings is 1. The third-order valence-corrected chi connectivity index (χ3v) is 4.21. The quantitative estimate of drug-likeness (QED) is 0.277. The number of hydrogen-bond donors (Lipinski definition) is 2. The lowest BCUT2D eigenvalue weighted by Crippen LogP contribution is -2.51. The maximum Gasteiger partial charge on any atom is 0.390 e. The summed E-state index contributed by atoms with van der Waals surface area (Å²) in [5, 5.41) is 5.72. The van der Waals surface area contributed by atoms with Gasteiger partial charge in [-0.05, 0) is 31.5 Å². The monoisotopic (exact) mass is 506 g/mol. The molecule has 10 heteroatoms. The second-order valence-corrected chi connectivity index (χ2v) is 6.28. The molecule has 1 aromatic carbocycles. The Kier molecular flexibility index (Phi) is 9.71. The lowest BCUT2D eigenvalue weighted by Gasteiger charge is -2.34. The molecule has 0 amide bonds. The molecular weight excluding hydrogens is 482 g/mol. The molecule has 0 spiro atoms. The van der Waals surface area contributed by atoms with E-state index in [9.17, 15) is 22.0 Å². The number of hydrogen-bond acceptors (Lipinski definition) is 2. The molecule has 1 aromatic rings. The molecule has 1 aliphatic heterocycles. The summed E-state index contributed by atoms with van der Waals surface area (Å²) in [5.74, 6) is -0.868. The Bertz CT molecular complexity index is 604. The van der Waals surface area contributed by atoms with Crippen molar-refractivity contribution in [2.24, 2.45) is 4.99 Å². The molecular formula is C17H24F5IN4. The number of aliphatic imine (C=N–C) groups is 1. The summed E-state index contributed by atoms with van der Waals surface area (Å²) in [7, 11) is 1.48. The van der Waals surface area contributed by atoms with Gasteiger partial charge in [-0.25, -0.2) is 8.78 Å². The number of halogens is 6. The molecule has 0 radical (unpaired) electrons. The summed E-state index contributed by atoms with van der Waals surface area (Å²) in [5.41, 5.74) is 0.0286. The number of guanidine groups is 1. The Hall–Kier alpha value is -1.17. The zero-order valence-electron chi connectivity index (χ0n) is 15.0. The lowest BCUT2D eigenvalue weighted by molar-refractivity contribution is -0.132. The van der Waals surface area contributed by atoms with Crippen LogP contribution in [0.25, 0.3) is 0 Å². The average molecular weight is 506 g/mol. The van der Waals surface area contributed by atoms with Crippen LogP contribution in [0.15, 0.2) is 23.2 Å². The first-order valence-electron chi connectivity index (χ1n) is 8.47. The van der Waals surface area contributed by atoms with E-state index in [1.807, 2.05) is 4.90 Å². The number of piperidine rings is 1. The van der Waals surface area contributed by atoms with Crippen LogP contribution in [-0.2, 0) is 6.54 Å². The fourth-order valence-electron chi connectivity index (χ4n) is 2.93. The summed E-state index contributed by atoms with van der Waals surface area (Å²) >= 11 is 0. The Balaban J connectivity index is 0.00000364. The Morgan fingerprint density at radius 2 is 1.93 bits per heavy atom. The van der Waals surface area contributed by atoms with Gasteiger partial charge in [0.05, 0.1) is 6.42 Å². The molecule has 0 aromatic heterocycles. The van der Waals surface area contributed by atoms with Crippen molar-refractivity contribution in [3.05, 3.63) is 35.4 Å². The van der Waals surface area contributed by atoms with Crippen LogP contribution in [-0.4, -0.2) is 49.8 Å². The van der Waals surface area contributed by atoms with Crippen LogP contribution in [0.4, 0.5) is 22.0 Å². The standard InChI is InChI=1S/C17H23F5N4.HI/c1-23-16(24-8-7-17(20,21)22)25-12-4-3-9-26(10-12)11-13-14(18)5-2-6-15(13)19;/h2,5-6,12H,3-4,7-11H2,1H3,(H2,23,24,25);1H. The molecule has 1 unspecified atom stereocenters. The highest BCUT2D eigenvalue weighted by Gasteiger charge is 2.27. The highest BCUT2D eigenvalue weighted by atomic mass is 127. The largest absolute Gasteiger partial charge is 0.390 e. The van der Waals surface area contributed by atoms with Crippen molar-refractivity contribution in [3.8, 4) is 0 Å². The lowest BCUT2D eigenvalue weighted by atomic mass is 10.0. The van der Waals surface area contributed by atoms with Crippen molar-refractivity contribution in [1.82, 2.24) is 15.5 Å². The van der Waals surface area contributed by atoms with Crippen LogP contribution < -0.4 is 10.6 Å². The number of nitrogens with zero attached hydrogens (tertiary/aromatic N) is 2. The molecule has 0 saturated carbocycles. The molecule has 27 heavy (non-hydrogen) atoms. The van der Waals surface area contributed by atoms with Gasteiger partial charge >= 0.3 is 6.18 Å². The number of rotatable bonds is 5. The van der Waals surface area contributed by atoms with Crippen LogP contribution in [0.1, 0.15) is 24.8 Å². The smallest absolute Gasteiger partial charge is 0.356 e. The summed E-state index contributed by atoms with van der Waals surface area (Å²) < 4.78 is 64.3. The van der Waals surface area contributed by atoms with Crippen LogP contribution in [0, 0.1) is 11.6 Å². The van der Waals surface area contributed by atoms with E-state index in [0.717, 1.165) is 12.8 Å². The Morgan fingerprint density at radius 1 is 1.26 bits per heavy atom. The zero-order chi connectivity index (χ0) is 19.2. The van der Waals surface area contributed by atoms with Crippen molar-refractivity contribution in [2.45, 2.75) is 38.0 Å². The van der Waals surface area contributed by atoms with Gasteiger partial charge in [0.25, 0.3) is 0 Å². The Morgan fingerprint density at radius 3 is 2.52 bits per heavy atom. The van der Waals surface area contributed by atoms with Crippen LogP contribution in [0.5, 0.6) is 0 Å². The molecule has 1 fully saturated rings. The van der Waals surface area contributed by atoms with E-state index in [-0.39, 0.29) is 54.6 Å². The van der Waals surface area contributed by atoms with Gasteiger partial charge < -0.3 is 10.6 Å². The summed E-state index contributed by atoms with van der Waals surface area (Å²) in [6.45, 7) is 1.11. The molecule has 154 valence electrons. The highest BCUT2D eigenvalue weighted by molar-refractivity contribution is 14.0. The van der Waals surface area contributed by atoms with Gasteiger partial charge in [-0.3, -0.25) is 9.89 Å². The summed E-state index contributed by atoms with van der Waals surface area (Å²) in [6, 6.07) is 3.72. The van der Waals surface area contributed by atoms with E-state index in [4.69, 9.17) is 0 Å². The number of nitrogens with one attached hydrogen (secondary N) is 2. The van der Waals surface area contributed by atoms with Gasteiger partial charge in [0.1, 0.15) is 11.6 Å². The van der Waals surface area contributed by atoms with E-state index >= 15 is 0 Å². The molecule has 2 N–H and O–H groups in total. The second kappa shape index (κ2) is 11.0. The van der Waals surface area contributed by atoms with E-state index in [0.29, 0.717) is 13.1 Å². The summed E-state index contributed by atoms with van der Waals surface area (Å²) in [6.07, 6.45) is -3.56. The van der Waals surface area contributed by atoms with Gasteiger partial charge in [-0.2, -0.15) is 13.2 Å². The highest BCUT2D eigenvalue weighted by Crippen LogP contribution is 2.19. The summed E-state index contributed by atoms with van der Waals surface area (Å²) in [4.78, 5) is 5.85. The molecule has 1 saturated heterocycles. The Labute approximate surface area is 172 Å². The maximum atomic E-state index is 13.8. The first-order valence-corrected chi connectivity index (χ1v) is 8.47. The maximum absolute atomic E-state index is 13.8. The van der Waals surface area contributed by atoms with E-state index in [2.05, 4.69) is 15.6 Å². The molecule has 0 aliphatic carbocycles. The SMILES string of the molecule is CN=C(NCCC(F)(F)F)NC1CCCN(Cc2c(F)cccc2F)C1.I. The van der Waals surface area contributed by atoms with Crippen LogP contribution in [0.3, 0.4) is 0 Å². The topological polar surface area (TPSA) is 39.7 Å². The van der Waals surface area contributed by atoms with E-state index < -0.39 is 24.2 Å². The number of likely N-dealkylation sites (tertiary alicyclic amines) is 1. The van der Waals surface area contributed by atoms with Gasteiger partial charge in [0.15, 0.2) is 5.96 Å². The second-order valence-electron chi connectivity index (χ2n) is 6.28. The first-order chi connectivity index (χ1) is 12.3.